The summed E-state index contributed by atoms with van der Waals surface area (Å²) >= 11 is 0. The highest BCUT2D eigenvalue weighted by atomic mass is 15.0. The van der Waals surface area contributed by atoms with E-state index < -0.39 is 0 Å². The monoisotopic (exact) mass is 278 g/mol. The molecule has 2 nitrogen and oxygen atoms in total. The van der Waals surface area contributed by atoms with E-state index in [1.165, 1.54) is 33.2 Å². The van der Waals surface area contributed by atoms with Crippen LogP contribution in [0.25, 0.3) is 22.0 Å². The van der Waals surface area contributed by atoms with Gasteiger partial charge in [-0.2, -0.15) is 0 Å². The largest absolute Gasteiger partial charge is 0.361 e. The Morgan fingerprint density at radius 1 is 1.00 bits per heavy atom. The van der Waals surface area contributed by atoms with Gasteiger partial charge in [-0.1, -0.05) is 36.4 Å². The molecule has 0 unspecified atom stereocenters. The molecule has 0 atom stereocenters. The van der Waals surface area contributed by atoms with Gasteiger partial charge in [0.15, 0.2) is 0 Å². The lowest BCUT2D eigenvalue weighted by atomic mass is 9.95. The number of rotatable bonds is 4. The van der Waals surface area contributed by atoms with Crippen LogP contribution >= 0.6 is 0 Å². The zero-order valence-electron chi connectivity index (χ0n) is 13.0. The van der Waals surface area contributed by atoms with E-state index in [-0.39, 0.29) is 0 Å². The Morgan fingerprint density at radius 3 is 2.48 bits per heavy atom. The Labute approximate surface area is 126 Å². The normalized spacial score (nSPS) is 11.4. The summed E-state index contributed by atoms with van der Waals surface area (Å²) in [5, 5.41) is 1.39. The van der Waals surface area contributed by atoms with Crippen molar-refractivity contribution in [3.05, 3.63) is 59.8 Å². The fourth-order valence-corrected chi connectivity index (χ4v) is 2.95. The van der Waals surface area contributed by atoms with Crippen LogP contribution in [-0.2, 0) is 6.42 Å². The van der Waals surface area contributed by atoms with Gasteiger partial charge in [0.05, 0.1) is 0 Å². The van der Waals surface area contributed by atoms with Crippen molar-refractivity contribution in [1.29, 1.82) is 0 Å². The highest BCUT2D eigenvalue weighted by Gasteiger charge is 2.11. The Kier molecular flexibility index (Phi) is 3.80. The number of hydrogen-bond acceptors (Lipinski definition) is 1. The molecule has 108 valence electrons. The quantitative estimate of drug-likeness (QED) is 0.756. The van der Waals surface area contributed by atoms with Crippen LogP contribution < -0.4 is 0 Å². The molecule has 0 aliphatic rings. The maximum atomic E-state index is 3.41. The van der Waals surface area contributed by atoms with Crippen molar-refractivity contribution in [3.63, 3.8) is 0 Å². The third-order valence-corrected chi connectivity index (χ3v) is 4.10. The lowest BCUT2D eigenvalue weighted by Crippen LogP contribution is -2.14. The number of aromatic nitrogens is 1. The number of nitrogens with one attached hydrogen (secondary N) is 1. The van der Waals surface area contributed by atoms with Crippen molar-refractivity contribution < 1.29 is 0 Å². The second-order valence-electron chi connectivity index (χ2n) is 5.89. The van der Waals surface area contributed by atoms with Crippen LogP contribution in [0.2, 0.25) is 0 Å². The topological polar surface area (TPSA) is 19.0 Å². The zero-order chi connectivity index (χ0) is 14.8. The molecular weight excluding hydrogens is 256 g/mol. The fraction of sp³-hybridized carbons (Fsp3) is 0.263. The molecule has 1 heterocycles. The summed E-state index contributed by atoms with van der Waals surface area (Å²) in [4.78, 5) is 5.64. The smallest absolute Gasteiger partial charge is 0.0459 e. The van der Waals surface area contributed by atoms with Crippen molar-refractivity contribution in [3.8, 4) is 11.1 Å². The molecule has 3 aromatic rings. The molecule has 3 rings (SSSR count). The number of hydrogen-bond donors (Lipinski definition) is 1. The molecule has 0 aliphatic carbocycles. The van der Waals surface area contributed by atoms with Gasteiger partial charge in [0.1, 0.15) is 0 Å². The van der Waals surface area contributed by atoms with Crippen LogP contribution in [0.4, 0.5) is 0 Å². The average Bonchev–Trinajstić information content (AvgIpc) is 2.90. The minimum atomic E-state index is 1.07. The maximum Gasteiger partial charge on any atom is 0.0459 e. The van der Waals surface area contributed by atoms with E-state index in [9.17, 15) is 0 Å². The predicted octanol–water partition coefficient (Wildman–Crippen LogP) is 4.25. The summed E-state index contributed by atoms with van der Waals surface area (Å²) in [5.74, 6) is 0. The van der Waals surface area contributed by atoms with Gasteiger partial charge >= 0.3 is 0 Å². The van der Waals surface area contributed by atoms with Crippen LogP contribution in [0, 0.1) is 6.92 Å². The molecule has 2 heteroatoms. The van der Waals surface area contributed by atoms with Crippen molar-refractivity contribution in [2.24, 2.45) is 0 Å². The van der Waals surface area contributed by atoms with E-state index in [2.05, 4.69) is 79.6 Å². The number of benzene rings is 2. The third-order valence-electron chi connectivity index (χ3n) is 4.10. The Hall–Kier alpha value is -2.06. The number of likely N-dealkylation sites (N-methyl/N-ethyl adjacent to an activating group) is 1. The number of nitrogens with zero attached hydrogens (tertiary/aromatic N) is 1. The summed E-state index contributed by atoms with van der Waals surface area (Å²) in [6.07, 6.45) is 3.24. The Morgan fingerprint density at radius 2 is 1.76 bits per heavy atom. The zero-order valence-corrected chi connectivity index (χ0v) is 13.0. The predicted molar refractivity (Wildman–Crippen MR) is 90.7 cm³/mol. The highest BCUT2D eigenvalue weighted by molar-refractivity contribution is 5.92. The molecule has 0 fully saturated rings. The van der Waals surface area contributed by atoms with Crippen LogP contribution in [0.3, 0.4) is 0 Å². The average molecular weight is 278 g/mol. The van der Waals surface area contributed by atoms with Gasteiger partial charge in [-0.05, 0) is 55.8 Å². The molecular formula is C19H22N2. The summed E-state index contributed by atoms with van der Waals surface area (Å²) in [6, 6.07) is 15.0. The first-order valence-electron chi connectivity index (χ1n) is 7.46. The molecule has 0 saturated heterocycles. The summed E-state index contributed by atoms with van der Waals surface area (Å²) in [6.45, 7) is 3.31. The van der Waals surface area contributed by atoms with E-state index in [4.69, 9.17) is 0 Å². The summed E-state index contributed by atoms with van der Waals surface area (Å²) < 4.78 is 0. The molecule has 0 spiro atoms. The first-order valence-corrected chi connectivity index (χ1v) is 7.46. The van der Waals surface area contributed by atoms with E-state index in [0.29, 0.717) is 0 Å². The molecule has 0 amide bonds. The van der Waals surface area contributed by atoms with Crippen molar-refractivity contribution >= 4 is 10.9 Å². The van der Waals surface area contributed by atoms with Gasteiger partial charge in [-0.25, -0.2) is 0 Å². The first-order chi connectivity index (χ1) is 10.2. The van der Waals surface area contributed by atoms with Gasteiger partial charge in [0.2, 0.25) is 0 Å². The van der Waals surface area contributed by atoms with Gasteiger partial charge in [0.25, 0.3) is 0 Å². The molecule has 0 bridgehead atoms. The fourth-order valence-electron chi connectivity index (χ4n) is 2.95. The van der Waals surface area contributed by atoms with Gasteiger partial charge in [-0.15, -0.1) is 0 Å². The van der Waals surface area contributed by atoms with Crippen LogP contribution in [0.1, 0.15) is 11.1 Å². The first kappa shape index (κ1) is 13.9. The number of fused-ring (bicyclic) bond motifs is 1. The second kappa shape index (κ2) is 5.74. The van der Waals surface area contributed by atoms with Crippen LogP contribution in [0.5, 0.6) is 0 Å². The van der Waals surface area contributed by atoms with Crippen LogP contribution in [0.15, 0.2) is 48.7 Å². The molecule has 0 saturated carbocycles. The maximum absolute atomic E-state index is 3.41. The van der Waals surface area contributed by atoms with Gasteiger partial charge in [-0.3, -0.25) is 0 Å². The van der Waals surface area contributed by atoms with Gasteiger partial charge in [0, 0.05) is 23.6 Å². The third kappa shape index (κ3) is 2.72. The van der Waals surface area contributed by atoms with Gasteiger partial charge < -0.3 is 9.88 Å². The SMILES string of the molecule is Cc1c(-c2ccccc2)ccc2[nH]cc(CCN(C)C)c12. The lowest BCUT2D eigenvalue weighted by molar-refractivity contribution is 0.414. The molecule has 0 radical (unpaired) electrons. The van der Waals surface area contributed by atoms with Crippen molar-refractivity contribution in [2.45, 2.75) is 13.3 Å². The molecule has 21 heavy (non-hydrogen) atoms. The minimum Gasteiger partial charge on any atom is -0.361 e. The molecule has 1 N–H and O–H groups in total. The van der Waals surface area contributed by atoms with Crippen molar-refractivity contribution in [1.82, 2.24) is 9.88 Å². The standard InChI is InChI=1S/C19H22N2/c1-14-17(15-7-5-4-6-8-15)9-10-18-19(14)16(13-20-18)11-12-21(2)3/h4-10,13,20H,11-12H2,1-3H3. The van der Waals surface area contributed by atoms with E-state index in [1.54, 1.807) is 0 Å². The van der Waals surface area contributed by atoms with E-state index >= 15 is 0 Å². The summed E-state index contributed by atoms with van der Waals surface area (Å²) in [5.41, 5.74) is 6.63. The summed E-state index contributed by atoms with van der Waals surface area (Å²) in [7, 11) is 4.24. The highest BCUT2D eigenvalue weighted by Crippen LogP contribution is 2.31. The number of H-pyrrole nitrogens is 1. The van der Waals surface area contributed by atoms with Crippen molar-refractivity contribution in [2.75, 3.05) is 20.6 Å². The lowest BCUT2D eigenvalue weighted by Gasteiger charge is -2.11. The van der Waals surface area contributed by atoms with E-state index in [1.807, 2.05) is 0 Å². The molecule has 1 aromatic heterocycles. The van der Waals surface area contributed by atoms with Crippen LogP contribution in [-0.4, -0.2) is 30.5 Å². The number of aromatic amines is 1. The van der Waals surface area contributed by atoms with E-state index in [0.717, 1.165) is 13.0 Å². The minimum absolute atomic E-state index is 1.07. The Bertz CT molecular complexity index is 739. The molecule has 2 aromatic carbocycles. The molecule has 0 aliphatic heterocycles. The Balaban J connectivity index is 2.09. The second-order valence-corrected chi connectivity index (χ2v) is 5.89. The number of aryl methyl sites for hydroxylation is 1.